The van der Waals surface area contributed by atoms with Gasteiger partial charge in [0, 0.05) is 31.9 Å². The summed E-state index contributed by atoms with van der Waals surface area (Å²) in [5.74, 6) is 0.878. The van der Waals surface area contributed by atoms with Crippen LogP contribution in [-0.2, 0) is 5.41 Å². The number of fused-ring (bicyclic) bond motifs is 1. The monoisotopic (exact) mass is 391 g/mol. The lowest BCUT2D eigenvalue weighted by molar-refractivity contribution is 0.208. The van der Waals surface area contributed by atoms with Gasteiger partial charge in [-0.25, -0.2) is 9.78 Å². The second kappa shape index (κ2) is 7.43. The van der Waals surface area contributed by atoms with Crippen LogP contribution in [0, 0.1) is 6.92 Å². The smallest absolute Gasteiger partial charge is 0.321 e. The molecule has 3 aromatic rings. The van der Waals surface area contributed by atoms with E-state index < -0.39 is 0 Å². The summed E-state index contributed by atoms with van der Waals surface area (Å²) in [6.45, 7) is 11.5. The molecule has 29 heavy (non-hydrogen) atoms. The van der Waals surface area contributed by atoms with E-state index in [0.717, 1.165) is 35.8 Å². The summed E-state index contributed by atoms with van der Waals surface area (Å²) >= 11 is 0. The van der Waals surface area contributed by atoms with Crippen molar-refractivity contribution in [3.63, 3.8) is 0 Å². The molecule has 0 aliphatic carbocycles. The van der Waals surface area contributed by atoms with Crippen molar-refractivity contribution in [2.45, 2.75) is 33.1 Å². The van der Waals surface area contributed by atoms with Gasteiger partial charge in [0.25, 0.3) is 0 Å². The number of nitrogens with one attached hydrogen (secondary N) is 2. The summed E-state index contributed by atoms with van der Waals surface area (Å²) in [5, 5.41) is 3.02. The highest BCUT2D eigenvalue weighted by atomic mass is 16.2. The maximum atomic E-state index is 12.6. The zero-order valence-electron chi connectivity index (χ0n) is 17.6. The molecule has 0 bridgehead atoms. The van der Waals surface area contributed by atoms with Crippen LogP contribution in [0.5, 0.6) is 0 Å². The van der Waals surface area contributed by atoms with Gasteiger partial charge < -0.3 is 20.1 Å². The van der Waals surface area contributed by atoms with Gasteiger partial charge in [-0.2, -0.15) is 0 Å². The average molecular weight is 392 g/mol. The second-order valence-electron chi connectivity index (χ2n) is 8.81. The molecule has 6 nitrogen and oxygen atoms in total. The molecule has 2 N–H and O–H groups in total. The third-order valence-electron chi connectivity index (χ3n) is 5.49. The van der Waals surface area contributed by atoms with Crippen molar-refractivity contribution in [1.82, 2.24) is 14.9 Å². The van der Waals surface area contributed by atoms with Gasteiger partial charge in [-0.05, 0) is 47.7 Å². The van der Waals surface area contributed by atoms with Crippen molar-refractivity contribution in [3.05, 3.63) is 53.6 Å². The van der Waals surface area contributed by atoms with Gasteiger partial charge in [0.2, 0.25) is 5.95 Å². The number of urea groups is 1. The SMILES string of the molecule is Cc1ccc2nc(N3CCN(C(=O)Nc4ccc(C(C)(C)C)cc4)CC3)[nH]c2c1. The number of aryl methyl sites for hydroxylation is 1. The number of hydrogen-bond acceptors (Lipinski definition) is 3. The molecule has 2 amide bonds. The van der Waals surface area contributed by atoms with Crippen LogP contribution in [-0.4, -0.2) is 47.1 Å². The number of carbonyl (C=O) groups excluding carboxylic acids is 1. The Morgan fingerprint density at radius 1 is 1.03 bits per heavy atom. The van der Waals surface area contributed by atoms with E-state index in [9.17, 15) is 4.79 Å². The molecule has 0 radical (unpaired) electrons. The van der Waals surface area contributed by atoms with Crippen molar-refractivity contribution >= 4 is 28.7 Å². The van der Waals surface area contributed by atoms with E-state index in [1.54, 1.807) is 0 Å². The second-order valence-corrected chi connectivity index (χ2v) is 8.81. The molecule has 1 fully saturated rings. The lowest BCUT2D eigenvalue weighted by Gasteiger charge is -2.34. The number of rotatable bonds is 2. The van der Waals surface area contributed by atoms with Crippen molar-refractivity contribution in [2.75, 3.05) is 36.4 Å². The lowest BCUT2D eigenvalue weighted by Crippen LogP contribution is -2.50. The normalized spacial score (nSPS) is 15.0. The van der Waals surface area contributed by atoms with Crippen molar-refractivity contribution in [2.24, 2.45) is 0 Å². The van der Waals surface area contributed by atoms with Crippen LogP contribution in [0.1, 0.15) is 31.9 Å². The number of aromatic amines is 1. The molecular weight excluding hydrogens is 362 g/mol. The molecule has 1 saturated heterocycles. The van der Waals surface area contributed by atoms with E-state index in [1.165, 1.54) is 11.1 Å². The molecule has 4 rings (SSSR count). The lowest BCUT2D eigenvalue weighted by atomic mass is 9.87. The summed E-state index contributed by atoms with van der Waals surface area (Å²) in [7, 11) is 0. The molecule has 2 heterocycles. The quantitative estimate of drug-likeness (QED) is 0.675. The third kappa shape index (κ3) is 4.21. The predicted octanol–water partition coefficient (Wildman–Crippen LogP) is 4.52. The Balaban J connectivity index is 1.35. The maximum absolute atomic E-state index is 12.6. The maximum Gasteiger partial charge on any atom is 0.321 e. The highest BCUT2D eigenvalue weighted by Crippen LogP contribution is 2.24. The van der Waals surface area contributed by atoms with Gasteiger partial charge in [0.05, 0.1) is 11.0 Å². The minimum atomic E-state index is -0.0478. The number of carbonyl (C=O) groups is 1. The number of piperazine rings is 1. The fraction of sp³-hybridized carbons (Fsp3) is 0.391. The fourth-order valence-corrected chi connectivity index (χ4v) is 3.64. The van der Waals surface area contributed by atoms with Gasteiger partial charge >= 0.3 is 6.03 Å². The summed E-state index contributed by atoms with van der Waals surface area (Å²) in [6.07, 6.45) is 0. The van der Waals surface area contributed by atoms with Crippen LogP contribution >= 0.6 is 0 Å². The number of benzene rings is 2. The van der Waals surface area contributed by atoms with Crippen LogP contribution < -0.4 is 10.2 Å². The zero-order chi connectivity index (χ0) is 20.6. The third-order valence-corrected chi connectivity index (χ3v) is 5.49. The number of nitrogens with zero attached hydrogens (tertiary/aromatic N) is 3. The van der Waals surface area contributed by atoms with Crippen molar-refractivity contribution in [3.8, 4) is 0 Å². The zero-order valence-corrected chi connectivity index (χ0v) is 17.6. The Morgan fingerprint density at radius 3 is 2.38 bits per heavy atom. The topological polar surface area (TPSA) is 64.3 Å². The Bertz CT molecular complexity index is 1010. The van der Waals surface area contributed by atoms with Crippen LogP contribution in [0.15, 0.2) is 42.5 Å². The van der Waals surface area contributed by atoms with Crippen LogP contribution in [0.4, 0.5) is 16.4 Å². The van der Waals surface area contributed by atoms with E-state index in [1.807, 2.05) is 23.1 Å². The van der Waals surface area contributed by atoms with E-state index in [4.69, 9.17) is 4.98 Å². The molecule has 0 unspecified atom stereocenters. The molecule has 0 spiro atoms. The van der Waals surface area contributed by atoms with E-state index in [-0.39, 0.29) is 11.4 Å². The highest BCUT2D eigenvalue weighted by Gasteiger charge is 2.23. The summed E-state index contributed by atoms with van der Waals surface area (Å²) in [5.41, 5.74) is 5.44. The molecule has 6 heteroatoms. The standard InChI is InChI=1S/C23H29N5O/c1-16-5-10-19-20(15-16)26-21(25-19)27-11-13-28(14-12-27)22(29)24-18-8-6-17(7-9-18)23(2,3)4/h5-10,15H,11-14H2,1-4H3,(H,24,29)(H,25,26). The Hall–Kier alpha value is -3.02. The fourth-order valence-electron chi connectivity index (χ4n) is 3.64. The molecule has 152 valence electrons. The van der Waals surface area contributed by atoms with E-state index in [0.29, 0.717) is 13.1 Å². The Labute approximate surface area is 171 Å². The number of H-pyrrole nitrogens is 1. The van der Waals surface area contributed by atoms with Crippen LogP contribution in [0.3, 0.4) is 0 Å². The highest BCUT2D eigenvalue weighted by molar-refractivity contribution is 5.89. The molecular formula is C23H29N5O. The first kappa shape index (κ1) is 19.3. The van der Waals surface area contributed by atoms with E-state index in [2.05, 4.69) is 67.2 Å². The van der Waals surface area contributed by atoms with E-state index >= 15 is 0 Å². The minimum Gasteiger partial charge on any atom is -0.339 e. The number of aromatic nitrogens is 2. The van der Waals surface area contributed by atoms with Gasteiger partial charge in [0.15, 0.2) is 0 Å². The average Bonchev–Trinajstić information content (AvgIpc) is 3.11. The molecule has 0 atom stereocenters. The first-order valence-corrected chi connectivity index (χ1v) is 10.2. The Morgan fingerprint density at radius 2 is 1.72 bits per heavy atom. The van der Waals surface area contributed by atoms with Gasteiger partial charge in [-0.1, -0.05) is 39.0 Å². The summed E-state index contributed by atoms with van der Waals surface area (Å²) < 4.78 is 0. The van der Waals surface area contributed by atoms with Gasteiger partial charge in [-0.15, -0.1) is 0 Å². The van der Waals surface area contributed by atoms with Crippen molar-refractivity contribution < 1.29 is 4.79 Å². The minimum absolute atomic E-state index is 0.0478. The number of amides is 2. The molecule has 2 aromatic carbocycles. The molecule has 1 aliphatic heterocycles. The number of imidazole rings is 1. The summed E-state index contributed by atoms with van der Waals surface area (Å²) in [4.78, 5) is 24.8. The largest absolute Gasteiger partial charge is 0.339 e. The van der Waals surface area contributed by atoms with Gasteiger partial charge in [-0.3, -0.25) is 0 Å². The van der Waals surface area contributed by atoms with Crippen LogP contribution in [0.2, 0.25) is 0 Å². The summed E-state index contributed by atoms with van der Waals surface area (Å²) in [6, 6.07) is 14.3. The molecule has 1 aliphatic rings. The van der Waals surface area contributed by atoms with Gasteiger partial charge in [0.1, 0.15) is 0 Å². The first-order chi connectivity index (χ1) is 13.8. The van der Waals surface area contributed by atoms with Crippen molar-refractivity contribution in [1.29, 1.82) is 0 Å². The molecule has 0 saturated carbocycles. The molecule has 1 aromatic heterocycles. The van der Waals surface area contributed by atoms with Crippen LogP contribution in [0.25, 0.3) is 11.0 Å². The predicted molar refractivity (Wildman–Crippen MR) is 119 cm³/mol. The Kier molecular flexibility index (Phi) is 4.94. The number of anilines is 2. The first-order valence-electron chi connectivity index (χ1n) is 10.2. The number of hydrogen-bond donors (Lipinski definition) is 2.